The third kappa shape index (κ3) is 3.57. The van der Waals surface area contributed by atoms with Crippen LogP contribution < -0.4 is 15.4 Å². The van der Waals surface area contributed by atoms with Gasteiger partial charge < -0.3 is 15.4 Å². The highest BCUT2D eigenvalue weighted by atomic mass is 35.5. The summed E-state index contributed by atoms with van der Waals surface area (Å²) in [7, 11) is 1.90. The van der Waals surface area contributed by atoms with Gasteiger partial charge in [-0.1, -0.05) is 0 Å². The van der Waals surface area contributed by atoms with E-state index in [0.717, 1.165) is 35.5 Å². The minimum atomic E-state index is -0.175. The topological polar surface area (TPSA) is 68.2 Å². The summed E-state index contributed by atoms with van der Waals surface area (Å²) in [5, 5.41) is 10.7. The number of aryl methyl sites for hydroxylation is 1. The Hall–Kier alpha value is -2.05. The van der Waals surface area contributed by atoms with Crippen molar-refractivity contribution in [3.63, 3.8) is 0 Å². The van der Waals surface area contributed by atoms with Crippen LogP contribution in [0.5, 0.6) is 5.75 Å². The van der Waals surface area contributed by atoms with Gasteiger partial charge in [0.25, 0.3) is 0 Å². The second kappa shape index (κ2) is 6.93. The molecular formula is C19H25ClN4O2. The van der Waals surface area contributed by atoms with Crippen molar-refractivity contribution < 1.29 is 9.53 Å². The van der Waals surface area contributed by atoms with Gasteiger partial charge in [-0.25, -0.2) is 0 Å². The summed E-state index contributed by atoms with van der Waals surface area (Å²) in [5.41, 5.74) is 2.92. The minimum Gasteiger partial charge on any atom is -0.487 e. The molecule has 7 heteroatoms. The van der Waals surface area contributed by atoms with Gasteiger partial charge in [0.15, 0.2) is 0 Å². The van der Waals surface area contributed by atoms with Crippen LogP contribution in [0, 0.1) is 5.92 Å². The Morgan fingerprint density at radius 2 is 2.19 bits per heavy atom. The average molecular weight is 377 g/mol. The Kier molecular flexibility index (Phi) is 4.99. The van der Waals surface area contributed by atoms with Crippen LogP contribution in [0.2, 0.25) is 0 Å². The molecule has 3 heterocycles. The molecule has 2 N–H and O–H groups in total. The highest BCUT2D eigenvalue weighted by Crippen LogP contribution is 2.36. The van der Waals surface area contributed by atoms with Crippen LogP contribution in [0.1, 0.15) is 30.9 Å². The molecule has 1 fully saturated rings. The predicted octanol–water partition coefficient (Wildman–Crippen LogP) is 2.50. The Balaban J connectivity index is 0.00000196. The molecule has 0 saturated carbocycles. The van der Waals surface area contributed by atoms with Crippen LogP contribution in [0.25, 0.3) is 0 Å². The van der Waals surface area contributed by atoms with Crippen LogP contribution >= 0.6 is 12.4 Å². The molecule has 0 unspecified atom stereocenters. The van der Waals surface area contributed by atoms with Crippen molar-refractivity contribution in [1.82, 2.24) is 15.1 Å². The van der Waals surface area contributed by atoms with Crippen molar-refractivity contribution in [3.05, 3.63) is 41.7 Å². The maximum atomic E-state index is 12.8. The number of aromatic nitrogens is 2. The maximum absolute atomic E-state index is 12.8. The zero-order valence-corrected chi connectivity index (χ0v) is 16.1. The molecule has 2 atom stereocenters. The van der Waals surface area contributed by atoms with Gasteiger partial charge in [-0.3, -0.25) is 9.48 Å². The number of benzene rings is 1. The van der Waals surface area contributed by atoms with E-state index in [0.29, 0.717) is 6.54 Å². The van der Waals surface area contributed by atoms with Crippen molar-refractivity contribution in [2.75, 3.05) is 18.4 Å². The second-order valence-corrected chi connectivity index (χ2v) is 7.67. The minimum absolute atomic E-state index is 0. The fourth-order valence-corrected chi connectivity index (χ4v) is 3.86. The van der Waals surface area contributed by atoms with Crippen LogP contribution in [0.4, 0.5) is 5.69 Å². The van der Waals surface area contributed by atoms with Gasteiger partial charge in [0, 0.05) is 49.9 Å². The number of rotatable bonds is 3. The van der Waals surface area contributed by atoms with Gasteiger partial charge in [-0.2, -0.15) is 5.10 Å². The smallest absolute Gasteiger partial charge is 0.229 e. The molecule has 2 aliphatic rings. The summed E-state index contributed by atoms with van der Waals surface area (Å²) >= 11 is 0. The first kappa shape index (κ1) is 18.7. The number of nitrogens with one attached hydrogen (secondary N) is 2. The molecule has 1 aromatic heterocycles. The molecule has 0 bridgehead atoms. The predicted molar refractivity (Wildman–Crippen MR) is 103 cm³/mol. The lowest BCUT2D eigenvalue weighted by molar-refractivity contribution is -0.119. The SMILES string of the molecule is Cl.Cn1cc([C@H]2CNC[C@@H]2C(=O)Nc2ccc3c(c2)CC(C)(C)O3)cn1. The molecule has 2 aromatic rings. The van der Waals surface area contributed by atoms with E-state index in [9.17, 15) is 4.79 Å². The lowest BCUT2D eigenvalue weighted by Gasteiger charge is -2.17. The van der Waals surface area contributed by atoms with Crippen molar-refractivity contribution >= 4 is 24.0 Å². The van der Waals surface area contributed by atoms with Gasteiger partial charge in [0.2, 0.25) is 5.91 Å². The maximum Gasteiger partial charge on any atom is 0.229 e. The Labute approximate surface area is 159 Å². The van der Waals surface area contributed by atoms with E-state index < -0.39 is 0 Å². The quantitative estimate of drug-likeness (QED) is 0.863. The number of fused-ring (bicyclic) bond motifs is 1. The summed E-state index contributed by atoms with van der Waals surface area (Å²) < 4.78 is 7.68. The summed E-state index contributed by atoms with van der Waals surface area (Å²) in [6.07, 6.45) is 4.70. The standard InChI is InChI=1S/C19H24N4O2.ClH/c1-19(2)7-12-6-14(4-5-17(12)25-19)22-18(24)16-10-20-9-15(16)13-8-21-23(3)11-13;/h4-6,8,11,15-16,20H,7,9-10H2,1-3H3,(H,22,24);1H/t15-,16+;/m1./s1. The summed E-state index contributed by atoms with van der Waals surface area (Å²) in [4.78, 5) is 12.8. The fraction of sp³-hybridized carbons (Fsp3) is 0.474. The van der Waals surface area contributed by atoms with Crippen LogP contribution in [-0.4, -0.2) is 34.4 Å². The third-order valence-corrected chi connectivity index (χ3v) is 5.03. The highest BCUT2D eigenvalue weighted by Gasteiger charge is 2.35. The molecular weight excluding hydrogens is 352 g/mol. The first-order valence-corrected chi connectivity index (χ1v) is 8.73. The fourth-order valence-electron chi connectivity index (χ4n) is 3.86. The van der Waals surface area contributed by atoms with Gasteiger partial charge >= 0.3 is 0 Å². The molecule has 1 saturated heterocycles. The molecule has 1 aromatic carbocycles. The number of carbonyl (C=O) groups is 1. The highest BCUT2D eigenvalue weighted by molar-refractivity contribution is 5.93. The second-order valence-electron chi connectivity index (χ2n) is 7.67. The van der Waals surface area contributed by atoms with Crippen LogP contribution in [0.15, 0.2) is 30.6 Å². The van der Waals surface area contributed by atoms with E-state index in [1.54, 1.807) is 4.68 Å². The van der Waals surface area contributed by atoms with E-state index in [1.807, 2.05) is 37.6 Å². The summed E-state index contributed by atoms with van der Waals surface area (Å²) in [6, 6.07) is 5.90. The van der Waals surface area contributed by atoms with Gasteiger partial charge in [0.05, 0.1) is 12.1 Å². The van der Waals surface area contributed by atoms with Gasteiger partial charge in [-0.05, 0) is 37.6 Å². The molecule has 26 heavy (non-hydrogen) atoms. The number of hydrogen-bond donors (Lipinski definition) is 2. The molecule has 1 amide bonds. The molecule has 4 rings (SSSR count). The van der Waals surface area contributed by atoms with E-state index in [1.165, 1.54) is 0 Å². The lowest BCUT2D eigenvalue weighted by atomic mass is 9.90. The molecule has 0 radical (unpaired) electrons. The molecule has 140 valence electrons. The zero-order chi connectivity index (χ0) is 17.6. The van der Waals surface area contributed by atoms with Crippen molar-refractivity contribution in [1.29, 1.82) is 0 Å². The van der Waals surface area contributed by atoms with Crippen LogP contribution in [-0.2, 0) is 18.3 Å². The number of amides is 1. The normalized spacial score (nSPS) is 23.0. The van der Waals surface area contributed by atoms with Crippen molar-refractivity contribution in [3.8, 4) is 5.75 Å². The number of halogens is 1. The first-order valence-electron chi connectivity index (χ1n) is 8.73. The van der Waals surface area contributed by atoms with E-state index in [-0.39, 0.29) is 35.8 Å². The first-order chi connectivity index (χ1) is 11.9. The Bertz CT molecular complexity index is 818. The summed E-state index contributed by atoms with van der Waals surface area (Å²) in [6.45, 7) is 5.64. The third-order valence-electron chi connectivity index (χ3n) is 5.03. The number of carbonyl (C=O) groups excluding carboxylic acids is 1. The van der Waals surface area contributed by atoms with Gasteiger partial charge in [0.1, 0.15) is 11.4 Å². The van der Waals surface area contributed by atoms with Crippen molar-refractivity contribution in [2.24, 2.45) is 13.0 Å². The Morgan fingerprint density at radius 3 is 2.92 bits per heavy atom. The molecule has 2 aliphatic heterocycles. The van der Waals surface area contributed by atoms with E-state index in [4.69, 9.17) is 4.74 Å². The Morgan fingerprint density at radius 1 is 1.38 bits per heavy atom. The number of hydrogen-bond acceptors (Lipinski definition) is 4. The van der Waals surface area contributed by atoms with Crippen molar-refractivity contribution in [2.45, 2.75) is 31.8 Å². The zero-order valence-electron chi connectivity index (χ0n) is 15.3. The molecule has 0 spiro atoms. The van der Waals surface area contributed by atoms with E-state index >= 15 is 0 Å². The molecule has 6 nitrogen and oxygen atoms in total. The largest absolute Gasteiger partial charge is 0.487 e. The average Bonchev–Trinajstić information content (AvgIpc) is 3.23. The van der Waals surface area contributed by atoms with E-state index in [2.05, 4.69) is 29.6 Å². The monoisotopic (exact) mass is 376 g/mol. The lowest BCUT2D eigenvalue weighted by Crippen LogP contribution is -2.28. The van der Waals surface area contributed by atoms with Gasteiger partial charge in [-0.15, -0.1) is 12.4 Å². The molecule has 0 aliphatic carbocycles. The summed E-state index contributed by atoms with van der Waals surface area (Å²) in [5.74, 6) is 1.03. The number of anilines is 1. The van der Waals surface area contributed by atoms with Crippen LogP contribution in [0.3, 0.4) is 0 Å². The number of ether oxygens (including phenoxy) is 1. The number of nitrogens with zero attached hydrogens (tertiary/aromatic N) is 2.